The molecule has 0 saturated heterocycles. The summed E-state index contributed by atoms with van der Waals surface area (Å²) in [5, 5.41) is 11.5. The third-order valence-corrected chi connectivity index (χ3v) is 2.95. The van der Waals surface area contributed by atoms with Gasteiger partial charge < -0.3 is 15.3 Å². The van der Waals surface area contributed by atoms with Crippen molar-refractivity contribution in [3.63, 3.8) is 0 Å². The summed E-state index contributed by atoms with van der Waals surface area (Å²) in [6.45, 7) is 3.98. The van der Waals surface area contributed by atoms with E-state index >= 15 is 0 Å². The standard InChI is InChI=1S/C13H17IN2O3/c1-9(2)7-16(8-12(17)18)13(19)15-11-5-3-4-10(14)6-11/h3-6,9H,7-8H2,1-2H3,(H,15,19)(H,17,18). The third kappa shape index (κ3) is 5.91. The van der Waals surface area contributed by atoms with E-state index in [0.717, 1.165) is 3.57 Å². The summed E-state index contributed by atoms with van der Waals surface area (Å²) in [5.74, 6) is -0.806. The number of nitrogens with one attached hydrogen (secondary N) is 1. The number of halogens is 1. The summed E-state index contributed by atoms with van der Waals surface area (Å²) < 4.78 is 1.00. The molecule has 1 rings (SSSR count). The number of amides is 2. The van der Waals surface area contributed by atoms with Gasteiger partial charge >= 0.3 is 12.0 Å². The third-order valence-electron chi connectivity index (χ3n) is 2.27. The van der Waals surface area contributed by atoms with E-state index in [1.807, 2.05) is 32.0 Å². The molecule has 0 atom stereocenters. The van der Waals surface area contributed by atoms with Gasteiger partial charge in [0.05, 0.1) is 0 Å². The second-order valence-electron chi connectivity index (χ2n) is 4.61. The number of anilines is 1. The predicted molar refractivity (Wildman–Crippen MR) is 82.2 cm³/mol. The topological polar surface area (TPSA) is 69.6 Å². The molecule has 0 aliphatic carbocycles. The molecule has 5 nitrogen and oxygen atoms in total. The number of aliphatic carboxylic acids is 1. The van der Waals surface area contributed by atoms with Crippen LogP contribution < -0.4 is 5.32 Å². The van der Waals surface area contributed by atoms with Gasteiger partial charge in [-0.1, -0.05) is 19.9 Å². The van der Waals surface area contributed by atoms with Crippen molar-refractivity contribution in [1.29, 1.82) is 0 Å². The van der Waals surface area contributed by atoms with Crippen molar-refractivity contribution in [3.05, 3.63) is 27.8 Å². The van der Waals surface area contributed by atoms with Crippen molar-refractivity contribution in [2.45, 2.75) is 13.8 Å². The molecule has 0 fully saturated rings. The maximum absolute atomic E-state index is 12.0. The first kappa shape index (κ1) is 15.7. The molecule has 0 spiro atoms. The lowest BCUT2D eigenvalue weighted by molar-refractivity contribution is -0.137. The summed E-state index contributed by atoms with van der Waals surface area (Å²) in [7, 11) is 0. The number of hydrogen-bond acceptors (Lipinski definition) is 2. The minimum Gasteiger partial charge on any atom is -0.480 e. The van der Waals surface area contributed by atoms with Gasteiger partial charge in [0.1, 0.15) is 6.54 Å². The molecule has 0 radical (unpaired) electrons. The zero-order valence-corrected chi connectivity index (χ0v) is 13.0. The van der Waals surface area contributed by atoms with Crippen LogP contribution in [0.5, 0.6) is 0 Å². The van der Waals surface area contributed by atoms with E-state index in [1.165, 1.54) is 4.90 Å². The number of nitrogens with zero attached hydrogens (tertiary/aromatic N) is 1. The fourth-order valence-electron chi connectivity index (χ4n) is 1.59. The lowest BCUT2D eigenvalue weighted by atomic mass is 10.2. The minimum absolute atomic E-state index is 0.209. The monoisotopic (exact) mass is 376 g/mol. The zero-order chi connectivity index (χ0) is 14.4. The highest BCUT2D eigenvalue weighted by atomic mass is 127. The summed E-state index contributed by atoms with van der Waals surface area (Å²) in [5.41, 5.74) is 0.663. The van der Waals surface area contributed by atoms with Crippen LogP contribution in [0.3, 0.4) is 0 Å². The van der Waals surface area contributed by atoms with Crippen LogP contribution in [0.2, 0.25) is 0 Å². The van der Waals surface area contributed by atoms with Crippen LogP contribution >= 0.6 is 22.6 Å². The second-order valence-corrected chi connectivity index (χ2v) is 5.85. The molecule has 0 unspecified atom stereocenters. The van der Waals surface area contributed by atoms with Gasteiger partial charge in [-0.05, 0) is 46.7 Å². The van der Waals surface area contributed by atoms with E-state index in [-0.39, 0.29) is 12.5 Å². The van der Waals surface area contributed by atoms with E-state index in [4.69, 9.17) is 5.11 Å². The van der Waals surface area contributed by atoms with Crippen molar-refractivity contribution in [2.24, 2.45) is 5.92 Å². The molecule has 104 valence electrons. The molecule has 0 heterocycles. The Morgan fingerprint density at radius 1 is 1.42 bits per heavy atom. The Kier molecular flexibility index (Phi) is 6.07. The highest BCUT2D eigenvalue weighted by Gasteiger charge is 2.17. The zero-order valence-electron chi connectivity index (χ0n) is 10.9. The molecule has 0 bridgehead atoms. The predicted octanol–water partition coefficient (Wildman–Crippen LogP) is 2.87. The SMILES string of the molecule is CC(C)CN(CC(=O)O)C(=O)Nc1cccc(I)c1. The average Bonchev–Trinajstić information content (AvgIpc) is 2.26. The Morgan fingerprint density at radius 3 is 2.63 bits per heavy atom. The molecule has 0 aromatic heterocycles. The van der Waals surface area contributed by atoms with Crippen LogP contribution in [0.25, 0.3) is 0 Å². The molecule has 2 amide bonds. The minimum atomic E-state index is -1.02. The maximum Gasteiger partial charge on any atom is 0.323 e. The number of rotatable bonds is 5. The van der Waals surface area contributed by atoms with Gasteiger partial charge in [0, 0.05) is 15.8 Å². The van der Waals surface area contributed by atoms with Gasteiger partial charge in [-0.25, -0.2) is 4.79 Å². The molecule has 6 heteroatoms. The first-order valence-corrected chi connectivity index (χ1v) is 6.99. The largest absolute Gasteiger partial charge is 0.480 e. The Morgan fingerprint density at radius 2 is 2.11 bits per heavy atom. The molecule has 0 aliphatic rings. The van der Waals surface area contributed by atoms with Gasteiger partial charge in [-0.15, -0.1) is 0 Å². The second kappa shape index (κ2) is 7.32. The van der Waals surface area contributed by atoms with Gasteiger partial charge in [0.15, 0.2) is 0 Å². The van der Waals surface area contributed by atoms with Crippen LogP contribution in [0.15, 0.2) is 24.3 Å². The van der Waals surface area contributed by atoms with Crippen LogP contribution in [-0.4, -0.2) is 35.1 Å². The van der Waals surface area contributed by atoms with Gasteiger partial charge in [-0.2, -0.15) is 0 Å². The first-order chi connectivity index (χ1) is 8.88. The van der Waals surface area contributed by atoms with Crippen LogP contribution in [0, 0.1) is 9.49 Å². The van der Waals surface area contributed by atoms with Crippen molar-refractivity contribution >= 4 is 40.3 Å². The molecule has 1 aromatic rings. The van der Waals surface area contributed by atoms with Crippen LogP contribution in [-0.2, 0) is 4.79 Å². The molecular formula is C13H17IN2O3. The fraction of sp³-hybridized carbons (Fsp3) is 0.385. The van der Waals surface area contributed by atoms with Gasteiger partial charge in [-0.3, -0.25) is 4.79 Å². The van der Waals surface area contributed by atoms with E-state index in [2.05, 4.69) is 27.9 Å². The summed E-state index contributed by atoms with van der Waals surface area (Å²) >= 11 is 2.15. The Bertz CT molecular complexity index is 463. The van der Waals surface area contributed by atoms with Crippen LogP contribution in [0.4, 0.5) is 10.5 Å². The fourth-order valence-corrected chi connectivity index (χ4v) is 2.14. The van der Waals surface area contributed by atoms with Crippen LogP contribution in [0.1, 0.15) is 13.8 Å². The lowest BCUT2D eigenvalue weighted by Gasteiger charge is -2.23. The molecule has 0 aliphatic heterocycles. The van der Waals surface area contributed by atoms with E-state index in [0.29, 0.717) is 12.2 Å². The quantitative estimate of drug-likeness (QED) is 0.777. The molecule has 2 N–H and O–H groups in total. The smallest absolute Gasteiger partial charge is 0.323 e. The number of carboxylic acid groups (broad SMARTS) is 1. The Balaban J connectivity index is 2.73. The van der Waals surface area contributed by atoms with Crippen molar-refractivity contribution in [3.8, 4) is 0 Å². The van der Waals surface area contributed by atoms with E-state index in [1.54, 1.807) is 6.07 Å². The van der Waals surface area contributed by atoms with Gasteiger partial charge in [0.25, 0.3) is 0 Å². The molecule has 1 aromatic carbocycles. The Labute approximate surface area is 126 Å². The highest BCUT2D eigenvalue weighted by molar-refractivity contribution is 14.1. The number of urea groups is 1. The van der Waals surface area contributed by atoms with Crippen molar-refractivity contribution in [1.82, 2.24) is 4.90 Å². The lowest BCUT2D eigenvalue weighted by Crippen LogP contribution is -2.40. The Hall–Kier alpha value is -1.31. The number of hydrogen-bond donors (Lipinski definition) is 2. The average molecular weight is 376 g/mol. The number of carbonyl (C=O) groups is 2. The van der Waals surface area contributed by atoms with E-state index < -0.39 is 12.0 Å². The van der Waals surface area contributed by atoms with Crippen molar-refractivity contribution in [2.75, 3.05) is 18.4 Å². The normalized spacial score (nSPS) is 10.3. The summed E-state index contributed by atoms with van der Waals surface area (Å²) in [6.07, 6.45) is 0. The number of carbonyl (C=O) groups excluding carboxylic acids is 1. The highest BCUT2D eigenvalue weighted by Crippen LogP contribution is 2.13. The molecular weight excluding hydrogens is 359 g/mol. The molecule has 19 heavy (non-hydrogen) atoms. The van der Waals surface area contributed by atoms with E-state index in [9.17, 15) is 9.59 Å². The van der Waals surface area contributed by atoms with Crippen molar-refractivity contribution < 1.29 is 14.7 Å². The summed E-state index contributed by atoms with van der Waals surface area (Å²) in [4.78, 5) is 24.1. The first-order valence-electron chi connectivity index (χ1n) is 5.91. The number of carboxylic acids is 1. The van der Waals surface area contributed by atoms with Gasteiger partial charge in [0.2, 0.25) is 0 Å². The number of benzene rings is 1. The maximum atomic E-state index is 12.0. The summed E-state index contributed by atoms with van der Waals surface area (Å²) in [6, 6.07) is 6.96. The molecule has 0 saturated carbocycles.